The van der Waals surface area contributed by atoms with Crippen LogP contribution in [-0.4, -0.2) is 32.1 Å². The van der Waals surface area contributed by atoms with Gasteiger partial charge in [0.25, 0.3) is 5.91 Å². The quantitative estimate of drug-likeness (QED) is 0.865. The first-order valence-electron chi connectivity index (χ1n) is 9.17. The summed E-state index contributed by atoms with van der Waals surface area (Å²) in [4.78, 5) is 14.6. The number of amides is 1. The molecule has 2 aliphatic rings. The molecule has 0 unspecified atom stereocenters. The average Bonchev–Trinajstić information content (AvgIpc) is 3.10. The molecule has 0 atom stereocenters. The highest BCUT2D eigenvalue weighted by Crippen LogP contribution is 2.43. The van der Waals surface area contributed by atoms with Crippen molar-refractivity contribution < 1.29 is 13.9 Å². The topological polar surface area (TPSA) is 50.4 Å². The Morgan fingerprint density at radius 1 is 1.31 bits per heavy atom. The summed E-state index contributed by atoms with van der Waals surface area (Å²) >= 11 is 1.57. The van der Waals surface area contributed by atoms with Gasteiger partial charge in [0.2, 0.25) is 0 Å². The molecular formula is C20H23FN2O2S. The second-order valence-electron chi connectivity index (χ2n) is 6.89. The molecule has 1 saturated heterocycles. The third-order valence-corrected chi connectivity index (χ3v) is 6.47. The fourth-order valence-electron chi connectivity index (χ4n) is 3.87. The van der Waals surface area contributed by atoms with Gasteiger partial charge in [-0.3, -0.25) is 4.79 Å². The van der Waals surface area contributed by atoms with E-state index in [-0.39, 0.29) is 17.3 Å². The number of thiophene rings is 1. The van der Waals surface area contributed by atoms with Gasteiger partial charge in [0, 0.05) is 17.8 Å². The van der Waals surface area contributed by atoms with Gasteiger partial charge in [0.15, 0.2) is 0 Å². The summed E-state index contributed by atoms with van der Waals surface area (Å²) in [7, 11) is 0. The number of carbonyl (C=O) groups is 1. The Morgan fingerprint density at radius 3 is 2.92 bits per heavy atom. The van der Waals surface area contributed by atoms with Crippen LogP contribution in [0.4, 0.5) is 4.39 Å². The van der Waals surface area contributed by atoms with Crippen molar-refractivity contribution in [1.82, 2.24) is 10.6 Å². The van der Waals surface area contributed by atoms with Gasteiger partial charge in [0.05, 0.1) is 17.1 Å². The highest BCUT2D eigenvalue weighted by atomic mass is 32.1. The maximum Gasteiger partial charge on any atom is 0.261 e. The number of piperidine rings is 1. The van der Waals surface area contributed by atoms with Crippen molar-refractivity contribution in [3.05, 3.63) is 57.0 Å². The first kappa shape index (κ1) is 17.6. The van der Waals surface area contributed by atoms with Gasteiger partial charge in [-0.2, -0.15) is 0 Å². The number of benzene rings is 1. The van der Waals surface area contributed by atoms with Gasteiger partial charge in [-0.25, -0.2) is 4.39 Å². The zero-order chi connectivity index (χ0) is 18.0. The monoisotopic (exact) mass is 374 g/mol. The van der Waals surface area contributed by atoms with E-state index < -0.39 is 0 Å². The molecule has 1 aromatic heterocycles. The lowest BCUT2D eigenvalue weighted by Gasteiger charge is -2.40. The Morgan fingerprint density at radius 2 is 2.12 bits per heavy atom. The lowest BCUT2D eigenvalue weighted by Crippen LogP contribution is -2.44. The van der Waals surface area contributed by atoms with E-state index in [0.29, 0.717) is 18.5 Å². The van der Waals surface area contributed by atoms with Crippen LogP contribution >= 0.6 is 11.3 Å². The number of halogens is 1. The van der Waals surface area contributed by atoms with E-state index in [2.05, 4.69) is 10.6 Å². The van der Waals surface area contributed by atoms with Gasteiger partial charge in [-0.1, -0.05) is 18.2 Å². The van der Waals surface area contributed by atoms with E-state index in [1.165, 1.54) is 16.5 Å². The third-order valence-electron chi connectivity index (χ3n) is 5.28. The van der Waals surface area contributed by atoms with Crippen LogP contribution in [0, 0.1) is 5.82 Å². The number of fused-ring (bicyclic) bond motifs is 2. The summed E-state index contributed by atoms with van der Waals surface area (Å²) < 4.78 is 19.8. The summed E-state index contributed by atoms with van der Waals surface area (Å²) in [6.45, 7) is 3.04. The fraction of sp³-hybridized carbons (Fsp3) is 0.450. The molecule has 1 fully saturated rings. The average molecular weight is 374 g/mol. The lowest BCUT2D eigenvalue weighted by molar-refractivity contribution is -0.0792. The molecule has 3 heterocycles. The number of rotatable bonds is 4. The van der Waals surface area contributed by atoms with Gasteiger partial charge >= 0.3 is 0 Å². The van der Waals surface area contributed by atoms with Crippen LogP contribution < -0.4 is 10.6 Å². The van der Waals surface area contributed by atoms with Gasteiger partial charge in [-0.05, 0) is 55.6 Å². The molecule has 1 spiro atoms. The van der Waals surface area contributed by atoms with E-state index in [1.807, 2.05) is 12.1 Å². The first-order valence-corrected chi connectivity index (χ1v) is 9.99. The molecule has 1 aromatic carbocycles. The Balaban J connectivity index is 1.44. The molecule has 1 amide bonds. The van der Waals surface area contributed by atoms with Gasteiger partial charge in [0.1, 0.15) is 5.82 Å². The highest BCUT2D eigenvalue weighted by molar-refractivity contribution is 7.14. The van der Waals surface area contributed by atoms with Crippen molar-refractivity contribution in [2.24, 2.45) is 0 Å². The smallest absolute Gasteiger partial charge is 0.261 e. The van der Waals surface area contributed by atoms with Crippen LogP contribution in [0.25, 0.3) is 0 Å². The van der Waals surface area contributed by atoms with Crippen molar-refractivity contribution in [2.45, 2.75) is 31.3 Å². The Kier molecular flexibility index (Phi) is 5.07. The fourth-order valence-corrected chi connectivity index (χ4v) is 5.02. The minimum atomic E-state index is -0.224. The second-order valence-corrected chi connectivity index (χ2v) is 8.02. The maximum atomic E-state index is 13.7. The predicted octanol–water partition coefficient (Wildman–Crippen LogP) is 3.01. The van der Waals surface area contributed by atoms with Crippen molar-refractivity contribution in [3.8, 4) is 0 Å². The van der Waals surface area contributed by atoms with Crippen LogP contribution in [0.1, 0.15) is 38.5 Å². The normalized spacial score (nSPS) is 18.5. The second kappa shape index (κ2) is 7.47. The highest BCUT2D eigenvalue weighted by Gasteiger charge is 2.40. The summed E-state index contributed by atoms with van der Waals surface area (Å²) in [5.74, 6) is -0.303. The van der Waals surface area contributed by atoms with Crippen LogP contribution in [0.3, 0.4) is 0 Å². The minimum absolute atomic E-state index is 0.0789. The van der Waals surface area contributed by atoms with E-state index in [9.17, 15) is 9.18 Å². The molecule has 0 aliphatic carbocycles. The minimum Gasteiger partial charge on any atom is -0.370 e. The number of ether oxygens (including phenoxy) is 1. The lowest BCUT2D eigenvalue weighted by atomic mass is 9.83. The van der Waals surface area contributed by atoms with Crippen LogP contribution in [0.5, 0.6) is 0 Å². The maximum absolute atomic E-state index is 13.7. The first-order chi connectivity index (χ1) is 12.7. The Labute approximate surface area is 156 Å². The van der Waals surface area contributed by atoms with Crippen molar-refractivity contribution >= 4 is 17.2 Å². The molecule has 26 heavy (non-hydrogen) atoms. The molecular weight excluding hydrogens is 351 g/mol. The standard InChI is InChI=1S/C20H23FN2O2S/c21-16-4-2-1-3-14(16)5-9-23-19(24)18-13-15-17(26-18)6-12-25-20(15)7-10-22-11-8-20/h1-4,13,22H,5-12H2,(H,23,24). The molecule has 0 radical (unpaired) electrons. The third kappa shape index (κ3) is 3.41. The molecule has 0 saturated carbocycles. The molecule has 4 nitrogen and oxygen atoms in total. The van der Waals surface area contributed by atoms with Crippen molar-refractivity contribution in [3.63, 3.8) is 0 Å². The molecule has 2 aromatic rings. The van der Waals surface area contributed by atoms with E-state index in [4.69, 9.17) is 4.74 Å². The summed E-state index contributed by atoms with van der Waals surface area (Å²) in [5, 5.41) is 6.30. The SMILES string of the molecule is O=C(NCCc1ccccc1F)c1cc2c(s1)CCOC21CCNCC1. The van der Waals surface area contributed by atoms with Crippen molar-refractivity contribution in [1.29, 1.82) is 0 Å². The molecule has 6 heteroatoms. The van der Waals surface area contributed by atoms with E-state index >= 15 is 0 Å². The zero-order valence-electron chi connectivity index (χ0n) is 14.6. The number of carbonyl (C=O) groups excluding carboxylic acids is 1. The van der Waals surface area contributed by atoms with Crippen molar-refractivity contribution in [2.75, 3.05) is 26.2 Å². The molecule has 4 rings (SSSR count). The van der Waals surface area contributed by atoms with Crippen LogP contribution in [-0.2, 0) is 23.2 Å². The largest absolute Gasteiger partial charge is 0.370 e. The van der Waals surface area contributed by atoms with E-state index in [1.54, 1.807) is 23.5 Å². The number of hydrogen-bond acceptors (Lipinski definition) is 4. The van der Waals surface area contributed by atoms with Gasteiger partial charge in [-0.15, -0.1) is 11.3 Å². The summed E-state index contributed by atoms with van der Waals surface area (Å²) in [6, 6.07) is 8.70. The molecule has 2 aliphatic heterocycles. The molecule has 2 N–H and O–H groups in total. The Hall–Kier alpha value is -1.76. The van der Waals surface area contributed by atoms with Crippen LogP contribution in [0.2, 0.25) is 0 Å². The van der Waals surface area contributed by atoms with Gasteiger partial charge < -0.3 is 15.4 Å². The molecule has 0 bridgehead atoms. The number of hydrogen-bond donors (Lipinski definition) is 2. The summed E-state index contributed by atoms with van der Waals surface area (Å²) in [6.07, 6.45) is 3.26. The summed E-state index contributed by atoms with van der Waals surface area (Å²) in [5.41, 5.74) is 1.61. The zero-order valence-corrected chi connectivity index (χ0v) is 15.5. The predicted molar refractivity (Wildman–Crippen MR) is 100 cm³/mol. The molecule has 138 valence electrons. The van der Waals surface area contributed by atoms with Crippen LogP contribution in [0.15, 0.2) is 30.3 Å². The number of nitrogens with one attached hydrogen (secondary N) is 2. The Bertz CT molecular complexity index is 799. The van der Waals surface area contributed by atoms with E-state index in [0.717, 1.165) is 43.8 Å².